The van der Waals surface area contributed by atoms with Crippen molar-refractivity contribution < 1.29 is 24.1 Å². The van der Waals surface area contributed by atoms with E-state index in [-0.39, 0.29) is 5.54 Å². The number of anilines is 1. The molecule has 2 aliphatic heterocycles. The highest BCUT2D eigenvalue weighted by Crippen LogP contribution is 2.57. The minimum absolute atomic E-state index is 0.0962. The molecule has 0 radical (unpaired) electrons. The van der Waals surface area contributed by atoms with E-state index in [1.165, 1.54) is 38.5 Å². The van der Waals surface area contributed by atoms with Crippen LogP contribution in [-0.2, 0) is 19.0 Å². The quantitative estimate of drug-likeness (QED) is 0.655. The Labute approximate surface area is 209 Å². The molecule has 7 aliphatic rings. The summed E-state index contributed by atoms with van der Waals surface area (Å²) in [4.78, 5) is 25.9. The van der Waals surface area contributed by atoms with Gasteiger partial charge in [-0.3, -0.25) is 4.57 Å². The first-order valence-corrected chi connectivity index (χ1v) is 13.7. The molecule has 2 saturated heterocycles. The van der Waals surface area contributed by atoms with Crippen molar-refractivity contribution in [3.63, 3.8) is 0 Å². The van der Waals surface area contributed by atoms with Gasteiger partial charge < -0.3 is 24.6 Å². The lowest BCUT2D eigenvalue weighted by Gasteiger charge is -2.57. The lowest BCUT2D eigenvalue weighted by atomic mass is 9.53. The van der Waals surface area contributed by atoms with Gasteiger partial charge >= 0.3 is 5.97 Å². The number of nitrogens with one attached hydrogen (secondary N) is 1. The van der Waals surface area contributed by atoms with E-state index in [9.17, 15) is 9.90 Å². The number of ether oxygens (including phenoxy) is 3. The Morgan fingerprint density at radius 2 is 1.67 bits per heavy atom. The zero-order chi connectivity index (χ0) is 24.1. The molecule has 7 fully saturated rings. The summed E-state index contributed by atoms with van der Waals surface area (Å²) in [5.41, 5.74) is 1.41. The van der Waals surface area contributed by atoms with E-state index >= 15 is 0 Å². The number of rotatable bonds is 4. The van der Waals surface area contributed by atoms with Crippen molar-refractivity contribution in [3.05, 3.63) is 12.7 Å². The number of nitrogens with zero attached hydrogens (tertiary/aromatic N) is 4. The smallest absolute Gasteiger partial charge is 0.335 e. The van der Waals surface area contributed by atoms with E-state index in [2.05, 4.69) is 15.3 Å². The highest BCUT2D eigenvalue weighted by molar-refractivity contribution is 5.83. The largest absolute Gasteiger partial charge is 0.479 e. The van der Waals surface area contributed by atoms with Gasteiger partial charge in [0.2, 0.25) is 0 Å². The third kappa shape index (κ3) is 3.20. The van der Waals surface area contributed by atoms with Gasteiger partial charge in [-0.1, -0.05) is 6.42 Å². The summed E-state index contributed by atoms with van der Waals surface area (Å²) in [5.74, 6) is 1.48. The number of imidazole rings is 1. The monoisotopic (exact) mass is 495 g/mol. The molecule has 10 heteroatoms. The average Bonchev–Trinajstić information content (AvgIpc) is 3.51. The summed E-state index contributed by atoms with van der Waals surface area (Å²) in [6, 6.07) is 0. The van der Waals surface area contributed by atoms with Gasteiger partial charge in [-0.2, -0.15) is 0 Å². The molecule has 4 bridgehead atoms. The molecule has 9 rings (SSSR count). The van der Waals surface area contributed by atoms with Crippen molar-refractivity contribution in [2.24, 2.45) is 17.8 Å². The van der Waals surface area contributed by atoms with Crippen LogP contribution in [0.15, 0.2) is 12.7 Å². The first-order chi connectivity index (χ1) is 17.5. The summed E-state index contributed by atoms with van der Waals surface area (Å²) in [6.07, 6.45) is 12.8. The second-order valence-electron chi connectivity index (χ2n) is 12.3. The van der Waals surface area contributed by atoms with Gasteiger partial charge in [-0.25, -0.2) is 19.7 Å². The minimum atomic E-state index is -1.09. The van der Waals surface area contributed by atoms with Crippen LogP contribution in [0.1, 0.15) is 76.9 Å². The van der Waals surface area contributed by atoms with Crippen LogP contribution in [-0.4, -0.2) is 60.2 Å². The first-order valence-electron chi connectivity index (χ1n) is 13.7. The maximum absolute atomic E-state index is 12.1. The summed E-state index contributed by atoms with van der Waals surface area (Å²) in [6.45, 7) is 0. The molecule has 5 saturated carbocycles. The molecule has 0 unspecified atom stereocenters. The fourth-order valence-corrected chi connectivity index (χ4v) is 8.81. The van der Waals surface area contributed by atoms with E-state index in [0.29, 0.717) is 11.2 Å². The van der Waals surface area contributed by atoms with E-state index in [0.717, 1.165) is 55.7 Å². The molecule has 2 aromatic heterocycles. The summed E-state index contributed by atoms with van der Waals surface area (Å²) in [7, 11) is 0. The normalized spacial score (nSPS) is 42.3. The van der Waals surface area contributed by atoms with Gasteiger partial charge in [0.1, 0.15) is 18.5 Å². The maximum atomic E-state index is 12.1. The molecule has 1 spiro atoms. The Bertz CT molecular complexity index is 1170. The summed E-state index contributed by atoms with van der Waals surface area (Å²) < 4.78 is 20.6. The second-order valence-corrected chi connectivity index (χ2v) is 12.3. The lowest BCUT2D eigenvalue weighted by Crippen LogP contribution is -2.54. The van der Waals surface area contributed by atoms with Gasteiger partial charge in [-0.05, 0) is 69.1 Å². The highest BCUT2D eigenvalue weighted by Gasteiger charge is 2.61. The third-order valence-electron chi connectivity index (χ3n) is 9.80. The van der Waals surface area contributed by atoms with Gasteiger partial charge in [0.15, 0.2) is 35.1 Å². The Hall–Kier alpha value is -2.30. The van der Waals surface area contributed by atoms with Crippen molar-refractivity contribution in [2.45, 2.75) is 106 Å². The molecule has 0 aromatic carbocycles. The minimum Gasteiger partial charge on any atom is -0.479 e. The topological polar surface area (TPSA) is 121 Å². The van der Waals surface area contributed by atoms with Crippen molar-refractivity contribution >= 4 is 23.0 Å². The Morgan fingerprint density at radius 1 is 0.972 bits per heavy atom. The number of hydrogen-bond acceptors (Lipinski definition) is 8. The Balaban J connectivity index is 1.12. The van der Waals surface area contributed by atoms with E-state index in [1.54, 1.807) is 12.7 Å². The van der Waals surface area contributed by atoms with Crippen LogP contribution in [0, 0.1) is 17.8 Å². The van der Waals surface area contributed by atoms with E-state index in [1.807, 2.05) is 4.57 Å². The van der Waals surface area contributed by atoms with Crippen LogP contribution in [0.2, 0.25) is 0 Å². The van der Waals surface area contributed by atoms with Crippen molar-refractivity contribution in [1.82, 2.24) is 19.5 Å². The zero-order valence-electron chi connectivity index (χ0n) is 20.3. The predicted octanol–water partition coefficient (Wildman–Crippen LogP) is 3.63. The molecule has 0 amide bonds. The van der Waals surface area contributed by atoms with Gasteiger partial charge in [0, 0.05) is 18.4 Å². The van der Waals surface area contributed by atoms with Crippen molar-refractivity contribution in [1.29, 1.82) is 0 Å². The van der Waals surface area contributed by atoms with Gasteiger partial charge in [0.05, 0.1) is 6.33 Å². The van der Waals surface area contributed by atoms with Gasteiger partial charge in [0.25, 0.3) is 0 Å². The fourth-order valence-electron chi connectivity index (χ4n) is 8.81. The zero-order valence-corrected chi connectivity index (χ0v) is 20.3. The second kappa shape index (κ2) is 7.61. The van der Waals surface area contributed by atoms with Gasteiger partial charge in [-0.15, -0.1) is 0 Å². The molecule has 10 nitrogen and oxygen atoms in total. The molecule has 192 valence electrons. The standard InChI is InChI=1S/C26H33N5O5/c32-24(33)20-18-19(36-26(35-18)4-2-1-3-5-26)23(34-20)31-13-29-17-21(27-12-28-22(17)31)30-25-9-14-6-15(10-25)8-16(7-14)11-25/h12-16,18-20,23H,1-11H2,(H,32,33)(H,27,28,30)/t14?,15?,16?,18-,19+,20-,23+,25?/m0/s1. The number of carboxylic acid groups (broad SMARTS) is 1. The molecule has 2 aromatic rings. The number of fused-ring (bicyclic) bond motifs is 2. The van der Waals surface area contributed by atoms with E-state index < -0.39 is 36.3 Å². The number of hydrogen-bond donors (Lipinski definition) is 2. The maximum Gasteiger partial charge on any atom is 0.335 e. The first kappa shape index (κ1) is 21.8. The molecular weight excluding hydrogens is 462 g/mol. The molecule has 4 atom stereocenters. The van der Waals surface area contributed by atoms with Crippen LogP contribution >= 0.6 is 0 Å². The number of carboxylic acids is 1. The average molecular weight is 496 g/mol. The number of aliphatic carboxylic acids is 1. The summed E-state index contributed by atoms with van der Waals surface area (Å²) >= 11 is 0. The van der Waals surface area contributed by atoms with E-state index in [4.69, 9.17) is 19.2 Å². The lowest BCUT2D eigenvalue weighted by molar-refractivity contribution is -0.231. The fraction of sp³-hybridized carbons (Fsp3) is 0.769. The molecule has 36 heavy (non-hydrogen) atoms. The highest BCUT2D eigenvalue weighted by atomic mass is 16.8. The summed E-state index contributed by atoms with van der Waals surface area (Å²) in [5, 5.41) is 13.7. The number of carbonyl (C=O) groups is 1. The molecule has 2 N–H and O–H groups in total. The van der Waals surface area contributed by atoms with Crippen LogP contribution in [0.5, 0.6) is 0 Å². The Kier molecular flexibility index (Phi) is 4.60. The molecular formula is C26H33N5O5. The van der Waals surface area contributed by atoms with Crippen molar-refractivity contribution in [2.75, 3.05) is 5.32 Å². The predicted molar refractivity (Wildman–Crippen MR) is 127 cm³/mol. The van der Waals surface area contributed by atoms with Crippen LogP contribution in [0.4, 0.5) is 5.82 Å². The van der Waals surface area contributed by atoms with Crippen LogP contribution in [0.3, 0.4) is 0 Å². The molecule has 4 heterocycles. The third-order valence-corrected chi connectivity index (χ3v) is 9.80. The Morgan fingerprint density at radius 3 is 2.36 bits per heavy atom. The van der Waals surface area contributed by atoms with Crippen LogP contribution < -0.4 is 5.32 Å². The molecule has 5 aliphatic carbocycles. The SMILES string of the molecule is O=C(O)[C@H]1O[C@@H](n2cnc3c(NC45CC6CC(CC(C6)C4)C5)ncnc32)[C@@H]2OC3(CCCCC3)O[C@@H]21. The van der Waals surface area contributed by atoms with Crippen LogP contribution in [0.25, 0.3) is 11.2 Å². The number of aromatic nitrogens is 4. The van der Waals surface area contributed by atoms with Crippen molar-refractivity contribution in [3.8, 4) is 0 Å².